The lowest BCUT2D eigenvalue weighted by atomic mass is 10.2. The first kappa shape index (κ1) is 19.0. The van der Waals surface area contributed by atoms with E-state index in [1.807, 2.05) is 48.9 Å². The number of halogens is 2. The molecule has 0 bridgehead atoms. The van der Waals surface area contributed by atoms with Crippen LogP contribution in [0.5, 0.6) is 0 Å². The van der Waals surface area contributed by atoms with Gasteiger partial charge in [-0.05, 0) is 44.2 Å². The fourth-order valence-corrected chi connectivity index (χ4v) is 3.20. The van der Waals surface area contributed by atoms with E-state index in [4.69, 9.17) is 28.9 Å². The van der Waals surface area contributed by atoms with Gasteiger partial charge in [0.05, 0.1) is 27.1 Å². The lowest BCUT2D eigenvalue weighted by Gasteiger charge is -2.06. The summed E-state index contributed by atoms with van der Waals surface area (Å²) in [4.78, 5) is 12.3. The number of rotatable bonds is 4. The number of nitrogen functional groups attached to an aromatic ring is 1. The zero-order chi connectivity index (χ0) is 19.6. The zero-order valence-electron chi connectivity index (χ0n) is 14.8. The number of hydrogen-bond acceptors (Lipinski definition) is 3. The van der Waals surface area contributed by atoms with Gasteiger partial charge in [0.15, 0.2) is 0 Å². The predicted octanol–water partition coefficient (Wildman–Crippen LogP) is 5.03. The molecule has 7 heteroatoms. The average molecular weight is 401 g/mol. The fraction of sp³-hybridized carbons (Fsp3) is 0.100. The number of para-hydroxylation sites is 1. The second-order valence-electron chi connectivity index (χ2n) is 6.01. The Morgan fingerprint density at radius 2 is 1.78 bits per heavy atom. The monoisotopic (exact) mass is 400 g/mol. The predicted molar refractivity (Wildman–Crippen MR) is 112 cm³/mol. The lowest BCUT2D eigenvalue weighted by Crippen LogP contribution is -2.08. The van der Waals surface area contributed by atoms with Crippen LogP contribution in [0.25, 0.3) is 11.8 Å². The lowest BCUT2D eigenvalue weighted by molar-refractivity contribution is -0.111. The molecular weight excluding hydrogens is 383 g/mol. The van der Waals surface area contributed by atoms with Crippen LogP contribution in [-0.4, -0.2) is 15.7 Å². The summed E-state index contributed by atoms with van der Waals surface area (Å²) in [5.41, 5.74) is 10.1. The Kier molecular flexibility index (Phi) is 5.54. The Bertz CT molecular complexity index is 1000. The molecule has 0 spiro atoms. The molecule has 1 heterocycles. The topological polar surface area (TPSA) is 72.9 Å². The van der Waals surface area contributed by atoms with Crippen LogP contribution in [0, 0.1) is 13.8 Å². The Balaban J connectivity index is 1.80. The zero-order valence-corrected chi connectivity index (χ0v) is 16.3. The van der Waals surface area contributed by atoms with Gasteiger partial charge >= 0.3 is 0 Å². The summed E-state index contributed by atoms with van der Waals surface area (Å²) in [7, 11) is 0. The summed E-state index contributed by atoms with van der Waals surface area (Å²) in [6, 6.07) is 12.9. The minimum Gasteiger partial charge on any atom is -0.396 e. The fourth-order valence-electron chi connectivity index (χ4n) is 2.72. The minimum absolute atomic E-state index is 0.284. The highest BCUT2D eigenvalue weighted by Gasteiger charge is 2.11. The van der Waals surface area contributed by atoms with Crippen LogP contribution in [0.2, 0.25) is 10.0 Å². The van der Waals surface area contributed by atoms with Crippen LogP contribution < -0.4 is 11.1 Å². The van der Waals surface area contributed by atoms with E-state index in [9.17, 15) is 4.79 Å². The van der Waals surface area contributed by atoms with Crippen LogP contribution in [0.4, 0.5) is 11.4 Å². The van der Waals surface area contributed by atoms with Crippen LogP contribution >= 0.6 is 23.2 Å². The van der Waals surface area contributed by atoms with Gasteiger partial charge in [0, 0.05) is 23.0 Å². The van der Waals surface area contributed by atoms with Crippen molar-refractivity contribution in [3.63, 3.8) is 0 Å². The molecule has 0 aliphatic carbocycles. The Morgan fingerprint density at radius 1 is 1.15 bits per heavy atom. The molecule has 138 valence electrons. The third-order valence-electron chi connectivity index (χ3n) is 4.10. The van der Waals surface area contributed by atoms with Crippen molar-refractivity contribution in [3.05, 3.63) is 75.5 Å². The summed E-state index contributed by atoms with van der Waals surface area (Å²) in [6.45, 7) is 3.87. The molecule has 1 amide bonds. The van der Waals surface area contributed by atoms with Crippen LogP contribution in [0.1, 0.15) is 17.0 Å². The maximum absolute atomic E-state index is 12.3. The number of benzene rings is 2. The average Bonchev–Trinajstić information content (AvgIpc) is 2.92. The molecule has 3 aromatic rings. The molecule has 0 unspecified atom stereocenters. The number of amides is 1. The number of carbonyl (C=O) groups is 1. The van der Waals surface area contributed by atoms with Gasteiger partial charge in [0.2, 0.25) is 5.91 Å². The van der Waals surface area contributed by atoms with Crippen molar-refractivity contribution in [1.29, 1.82) is 0 Å². The van der Waals surface area contributed by atoms with Gasteiger partial charge in [-0.25, -0.2) is 4.68 Å². The van der Waals surface area contributed by atoms with E-state index < -0.39 is 0 Å². The molecule has 0 saturated heterocycles. The molecule has 0 fully saturated rings. The largest absolute Gasteiger partial charge is 0.396 e. The van der Waals surface area contributed by atoms with E-state index in [1.54, 1.807) is 18.2 Å². The van der Waals surface area contributed by atoms with Crippen LogP contribution in [0.3, 0.4) is 0 Å². The number of carbonyl (C=O) groups excluding carboxylic acids is 1. The third-order valence-corrected chi connectivity index (χ3v) is 4.72. The number of nitrogens with zero attached hydrogens (tertiary/aromatic N) is 2. The van der Waals surface area contributed by atoms with Gasteiger partial charge in [-0.2, -0.15) is 5.10 Å². The minimum atomic E-state index is -0.307. The highest BCUT2D eigenvalue weighted by molar-refractivity contribution is 6.39. The Labute approximate surface area is 167 Å². The summed E-state index contributed by atoms with van der Waals surface area (Å²) >= 11 is 12.0. The number of hydrogen-bond donors (Lipinski definition) is 2. The number of nitrogens with two attached hydrogens (primary N) is 1. The van der Waals surface area contributed by atoms with Crippen LogP contribution in [-0.2, 0) is 4.79 Å². The summed E-state index contributed by atoms with van der Waals surface area (Å²) in [6.07, 6.45) is 3.19. The molecule has 3 N–H and O–H groups in total. The van der Waals surface area contributed by atoms with Crippen molar-refractivity contribution < 1.29 is 4.79 Å². The first-order valence-electron chi connectivity index (χ1n) is 8.22. The van der Waals surface area contributed by atoms with E-state index in [1.165, 1.54) is 6.08 Å². The van der Waals surface area contributed by atoms with Gasteiger partial charge in [0.1, 0.15) is 0 Å². The molecule has 1 aromatic heterocycles. The summed E-state index contributed by atoms with van der Waals surface area (Å²) in [5.74, 6) is -0.307. The van der Waals surface area contributed by atoms with Gasteiger partial charge in [-0.15, -0.1) is 0 Å². The standard InChI is InChI=1S/C20H18Cl2N4O/c1-12-16(13(2)26(25-12)15-6-4-3-5-7-15)8-9-19(27)24-14-10-17(21)20(23)18(22)11-14/h3-11H,23H2,1-2H3,(H,24,27)/b9-8+. The van der Waals surface area contributed by atoms with Crippen molar-refractivity contribution in [2.45, 2.75) is 13.8 Å². The van der Waals surface area contributed by atoms with Gasteiger partial charge in [-0.1, -0.05) is 41.4 Å². The third kappa shape index (κ3) is 4.15. The van der Waals surface area contributed by atoms with Gasteiger partial charge < -0.3 is 11.1 Å². The van der Waals surface area contributed by atoms with Crippen molar-refractivity contribution in [3.8, 4) is 5.69 Å². The van der Waals surface area contributed by atoms with Crippen molar-refractivity contribution in [1.82, 2.24) is 9.78 Å². The Hall–Kier alpha value is -2.76. The number of anilines is 2. The van der Waals surface area contributed by atoms with E-state index in [0.717, 1.165) is 22.6 Å². The van der Waals surface area contributed by atoms with Crippen molar-refractivity contribution >= 4 is 46.6 Å². The molecule has 0 radical (unpaired) electrons. The van der Waals surface area contributed by atoms with E-state index in [2.05, 4.69) is 10.4 Å². The number of nitrogens with one attached hydrogen (secondary N) is 1. The molecule has 0 aliphatic heterocycles. The van der Waals surface area contributed by atoms with E-state index in [0.29, 0.717) is 5.69 Å². The van der Waals surface area contributed by atoms with Crippen LogP contribution in [0.15, 0.2) is 48.5 Å². The summed E-state index contributed by atoms with van der Waals surface area (Å²) < 4.78 is 1.85. The molecule has 0 atom stereocenters. The Morgan fingerprint density at radius 3 is 2.41 bits per heavy atom. The quantitative estimate of drug-likeness (QED) is 0.476. The maximum atomic E-state index is 12.3. The summed E-state index contributed by atoms with van der Waals surface area (Å²) in [5, 5.41) is 7.86. The molecule has 2 aromatic carbocycles. The van der Waals surface area contributed by atoms with Gasteiger partial charge in [-0.3, -0.25) is 4.79 Å². The second-order valence-corrected chi connectivity index (χ2v) is 6.82. The second kappa shape index (κ2) is 7.86. The molecule has 3 rings (SSSR count). The molecule has 5 nitrogen and oxygen atoms in total. The SMILES string of the molecule is Cc1nn(-c2ccccc2)c(C)c1/C=C/C(=O)Nc1cc(Cl)c(N)c(Cl)c1. The number of aromatic nitrogens is 2. The van der Waals surface area contributed by atoms with Crippen molar-refractivity contribution in [2.75, 3.05) is 11.1 Å². The maximum Gasteiger partial charge on any atom is 0.248 e. The molecule has 0 saturated carbocycles. The molecule has 27 heavy (non-hydrogen) atoms. The highest BCUT2D eigenvalue weighted by atomic mass is 35.5. The highest BCUT2D eigenvalue weighted by Crippen LogP contribution is 2.31. The molecular formula is C20H18Cl2N4O. The molecule has 0 aliphatic rings. The first-order valence-corrected chi connectivity index (χ1v) is 8.97. The van der Waals surface area contributed by atoms with E-state index >= 15 is 0 Å². The number of aryl methyl sites for hydroxylation is 1. The van der Waals surface area contributed by atoms with Crippen molar-refractivity contribution in [2.24, 2.45) is 0 Å². The first-order chi connectivity index (χ1) is 12.9. The normalized spacial score (nSPS) is 11.1. The van der Waals surface area contributed by atoms with Gasteiger partial charge in [0.25, 0.3) is 0 Å². The van der Waals surface area contributed by atoms with E-state index in [-0.39, 0.29) is 21.6 Å². The smallest absolute Gasteiger partial charge is 0.248 e.